The molecule has 0 saturated carbocycles. The molecule has 7 nitrogen and oxygen atoms in total. The summed E-state index contributed by atoms with van der Waals surface area (Å²) in [6.45, 7) is 6.61. The second-order valence-corrected chi connectivity index (χ2v) is 6.46. The van der Waals surface area contributed by atoms with Crippen LogP contribution in [0.15, 0.2) is 18.2 Å². The summed E-state index contributed by atoms with van der Waals surface area (Å²) in [6, 6.07) is 4.95. The summed E-state index contributed by atoms with van der Waals surface area (Å²) in [5, 5.41) is 20.8. The van der Waals surface area contributed by atoms with Gasteiger partial charge in [-0.3, -0.25) is 0 Å². The Kier molecular flexibility index (Phi) is 4.06. The Bertz CT molecular complexity index is 896. The third-order valence-electron chi connectivity index (χ3n) is 3.75. The lowest BCUT2D eigenvalue weighted by molar-refractivity contribution is 0.0582. The molecule has 0 spiro atoms. The lowest BCUT2D eigenvalue weighted by Gasteiger charge is -2.20. The SMILES string of the molecule is CCOCc1nc2c(N)nc3cc(O)ccc3c2n1CC(C)(C)O. The van der Waals surface area contributed by atoms with Gasteiger partial charge in [-0.25, -0.2) is 9.97 Å². The van der Waals surface area contributed by atoms with Gasteiger partial charge in [-0.05, 0) is 32.9 Å². The zero-order valence-electron chi connectivity index (χ0n) is 14.1. The van der Waals surface area contributed by atoms with Crippen LogP contribution >= 0.6 is 0 Å². The Morgan fingerprint density at radius 2 is 2.04 bits per heavy atom. The van der Waals surface area contributed by atoms with Gasteiger partial charge in [-0.1, -0.05) is 0 Å². The van der Waals surface area contributed by atoms with Crippen LogP contribution in [-0.4, -0.2) is 37.0 Å². The van der Waals surface area contributed by atoms with Gasteiger partial charge in [0.05, 0.1) is 23.2 Å². The number of fused-ring (bicyclic) bond motifs is 3. The van der Waals surface area contributed by atoms with E-state index >= 15 is 0 Å². The maximum Gasteiger partial charge on any atom is 0.152 e. The molecule has 0 atom stereocenters. The van der Waals surface area contributed by atoms with Crippen LogP contribution < -0.4 is 5.73 Å². The number of nitrogens with zero attached hydrogens (tertiary/aromatic N) is 3. The van der Waals surface area contributed by atoms with Gasteiger partial charge in [0.2, 0.25) is 0 Å². The van der Waals surface area contributed by atoms with Crippen molar-refractivity contribution in [1.29, 1.82) is 0 Å². The van der Waals surface area contributed by atoms with Crippen molar-refractivity contribution < 1.29 is 14.9 Å². The standard InChI is InChI=1S/C17H22N4O3/c1-4-24-8-13-20-14-15(21(13)9-17(2,3)23)11-6-5-10(22)7-12(11)19-16(14)18/h5-7,22-23H,4,8-9H2,1-3H3,(H2,18,19). The van der Waals surface area contributed by atoms with E-state index in [1.165, 1.54) is 0 Å². The molecule has 0 amide bonds. The smallest absolute Gasteiger partial charge is 0.152 e. The van der Waals surface area contributed by atoms with Crippen molar-refractivity contribution in [2.45, 2.75) is 39.5 Å². The predicted octanol–water partition coefficient (Wildman–Crippen LogP) is 2.18. The first-order valence-corrected chi connectivity index (χ1v) is 7.87. The number of aromatic hydroxyl groups is 1. The number of aromatic nitrogens is 3. The Balaban J connectivity index is 2.34. The largest absolute Gasteiger partial charge is 0.508 e. The summed E-state index contributed by atoms with van der Waals surface area (Å²) in [7, 11) is 0. The van der Waals surface area contributed by atoms with E-state index in [1.807, 2.05) is 11.5 Å². The highest BCUT2D eigenvalue weighted by molar-refractivity contribution is 6.06. The second kappa shape index (κ2) is 5.92. The van der Waals surface area contributed by atoms with Crippen LogP contribution in [0.25, 0.3) is 21.9 Å². The van der Waals surface area contributed by atoms with Crippen LogP contribution in [0.5, 0.6) is 5.75 Å². The molecule has 0 aliphatic carbocycles. The molecule has 0 radical (unpaired) electrons. The third-order valence-corrected chi connectivity index (χ3v) is 3.75. The van der Waals surface area contributed by atoms with Crippen LogP contribution in [-0.2, 0) is 17.9 Å². The highest BCUT2D eigenvalue weighted by atomic mass is 16.5. The van der Waals surface area contributed by atoms with E-state index in [0.717, 1.165) is 10.9 Å². The monoisotopic (exact) mass is 330 g/mol. The summed E-state index contributed by atoms with van der Waals surface area (Å²) in [4.78, 5) is 8.92. The molecule has 7 heteroatoms. The number of nitrogen functional groups attached to an aromatic ring is 1. The van der Waals surface area contributed by atoms with Gasteiger partial charge < -0.3 is 25.3 Å². The first-order valence-electron chi connectivity index (χ1n) is 7.87. The van der Waals surface area contributed by atoms with Gasteiger partial charge >= 0.3 is 0 Å². The quantitative estimate of drug-likeness (QED) is 0.662. The third kappa shape index (κ3) is 3.00. The number of nitrogens with two attached hydrogens (primary N) is 1. The Morgan fingerprint density at radius 3 is 2.71 bits per heavy atom. The fraction of sp³-hybridized carbons (Fsp3) is 0.412. The molecular formula is C17H22N4O3. The highest BCUT2D eigenvalue weighted by Crippen LogP contribution is 2.31. The van der Waals surface area contributed by atoms with Crippen molar-refractivity contribution in [2.24, 2.45) is 0 Å². The average Bonchev–Trinajstić information content (AvgIpc) is 2.82. The number of ether oxygens (including phenoxy) is 1. The molecule has 1 aromatic carbocycles. The molecule has 2 aromatic heterocycles. The van der Waals surface area contributed by atoms with Crippen LogP contribution in [0.3, 0.4) is 0 Å². The molecule has 128 valence electrons. The lowest BCUT2D eigenvalue weighted by atomic mass is 10.1. The van der Waals surface area contributed by atoms with E-state index < -0.39 is 5.60 Å². The number of hydrogen-bond acceptors (Lipinski definition) is 6. The molecule has 0 fully saturated rings. The number of phenolic OH excluding ortho intramolecular Hbond substituents is 1. The zero-order chi connectivity index (χ0) is 17.5. The fourth-order valence-corrected chi connectivity index (χ4v) is 2.81. The minimum absolute atomic E-state index is 0.122. The van der Waals surface area contributed by atoms with Gasteiger partial charge in [0, 0.05) is 18.1 Å². The van der Waals surface area contributed by atoms with E-state index in [9.17, 15) is 10.2 Å². The maximum absolute atomic E-state index is 10.3. The lowest BCUT2D eigenvalue weighted by Crippen LogP contribution is -2.27. The van der Waals surface area contributed by atoms with E-state index in [0.29, 0.717) is 36.6 Å². The number of imidazole rings is 1. The number of anilines is 1. The fourth-order valence-electron chi connectivity index (χ4n) is 2.81. The van der Waals surface area contributed by atoms with E-state index in [1.54, 1.807) is 32.0 Å². The molecule has 4 N–H and O–H groups in total. The van der Waals surface area contributed by atoms with Gasteiger partial charge in [0.15, 0.2) is 5.82 Å². The predicted molar refractivity (Wildman–Crippen MR) is 92.7 cm³/mol. The maximum atomic E-state index is 10.3. The number of benzene rings is 1. The van der Waals surface area contributed by atoms with Crippen molar-refractivity contribution in [3.05, 3.63) is 24.0 Å². The van der Waals surface area contributed by atoms with Crippen LogP contribution in [0.4, 0.5) is 5.82 Å². The zero-order valence-corrected chi connectivity index (χ0v) is 14.1. The van der Waals surface area contributed by atoms with E-state index in [-0.39, 0.29) is 11.6 Å². The Labute approximate surface area is 139 Å². The molecule has 0 aliphatic rings. The second-order valence-electron chi connectivity index (χ2n) is 6.46. The minimum atomic E-state index is -0.935. The molecule has 3 rings (SSSR count). The molecule has 0 unspecified atom stereocenters. The van der Waals surface area contributed by atoms with E-state index in [4.69, 9.17) is 10.5 Å². The summed E-state index contributed by atoms with van der Waals surface area (Å²) in [5.41, 5.74) is 7.09. The summed E-state index contributed by atoms with van der Waals surface area (Å²) < 4.78 is 7.43. The molecule has 0 aliphatic heterocycles. The number of rotatable bonds is 5. The topological polar surface area (TPSA) is 106 Å². The summed E-state index contributed by atoms with van der Waals surface area (Å²) >= 11 is 0. The first-order chi connectivity index (χ1) is 11.3. The van der Waals surface area contributed by atoms with Crippen LogP contribution in [0.2, 0.25) is 0 Å². The van der Waals surface area contributed by atoms with Crippen molar-refractivity contribution in [3.8, 4) is 5.75 Å². The van der Waals surface area contributed by atoms with Gasteiger partial charge in [-0.15, -0.1) is 0 Å². The Hall–Kier alpha value is -2.38. The van der Waals surface area contributed by atoms with Crippen LogP contribution in [0, 0.1) is 0 Å². The molecule has 2 heterocycles. The Morgan fingerprint density at radius 1 is 1.29 bits per heavy atom. The number of pyridine rings is 1. The molecular weight excluding hydrogens is 308 g/mol. The average molecular weight is 330 g/mol. The molecule has 0 saturated heterocycles. The summed E-state index contributed by atoms with van der Waals surface area (Å²) in [6.07, 6.45) is 0. The number of phenols is 1. The highest BCUT2D eigenvalue weighted by Gasteiger charge is 2.22. The molecule has 24 heavy (non-hydrogen) atoms. The number of hydrogen-bond donors (Lipinski definition) is 3. The summed E-state index contributed by atoms with van der Waals surface area (Å²) in [5.74, 6) is 1.09. The molecule has 0 bridgehead atoms. The first kappa shape index (κ1) is 16.5. The van der Waals surface area contributed by atoms with Gasteiger partial charge in [-0.2, -0.15) is 0 Å². The van der Waals surface area contributed by atoms with Crippen molar-refractivity contribution in [3.63, 3.8) is 0 Å². The van der Waals surface area contributed by atoms with Crippen molar-refractivity contribution >= 4 is 27.8 Å². The van der Waals surface area contributed by atoms with E-state index in [2.05, 4.69) is 9.97 Å². The minimum Gasteiger partial charge on any atom is -0.508 e. The molecule has 3 aromatic rings. The van der Waals surface area contributed by atoms with Crippen molar-refractivity contribution in [1.82, 2.24) is 14.5 Å². The van der Waals surface area contributed by atoms with Crippen LogP contribution in [0.1, 0.15) is 26.6 Å². The van der Waals surface area contributed by atoms with Gasteiger partial charge in [0.1, 0.15) is 23.7 Å². The van der Waals surface area contributed by atoms with Crippen molar-refractivity contribution in [2.75, 3.05) is 12.3 Å². The van der Waals surface area contributed by atoms with Gasteiger partial charge in [0.25, 0.3) is 0 Å². The normalized spacial score (nSPS) is 12.3. The number of aliphatic hydroxyl groups is 1.